The van der Waals surface area contributed by atoms with E-state index in [1.54, 1.807) is 6.92 Å². The number of hydrogen-bond acceptors (Lipinski definition) is 3. The second-order valence-corrected chi connectivity index (χ2v) is 2.13. The summed E-state index contributed by atoms with van der Waals surface area (Å²) in [6, 6.07) is 0. The average Bonchev–Trinajstić information content (AvgIpc) is 1.98. The lowest BCUT2D eigenvalue weighted by atomic mass is 10.1. The number of aliphatic hydroxyl groups excluding tert-OH is 2. The van der Waals surface area contributed by atoms with Crippen LogP contribution in [0.4, 0.5) is 0 Å². The smallest absolute Gasteiger partial charge is 0.126 e. The van der Waals surface area contributed by atoms with E-state index in [-0.39, 0.29) is 0 Å². The molecule has 0 saturated carbocycles. The Balaban J connectivity index is 2.82. The van der Waals surface area contributed by atoms with Gasteiger partial charge in [0.2, 0.25) is 0 Å². The van der Waals surface area contributed by atoms with Crippen LogP contribution in [-0.4, -0.2) is 28.1 Å². The minimum absolute atomic E-state index is 0.347. The summed E-state index contributed by atoms with van der Waals surface area (Å²) in [5.74, 6) is 0. The molecule has 0 aliphatic carbocycles. The van der Waals surface area contributed by atoms with Crippen LogP contribution in [0.2, 0.25) is 0 Å². The van der Waals surface area contributed by atoms with Crippen LogP contribution in [0.5, 0.6) is 0 Å². The number of aliphatic imine (C=N–C) groups is 1. The summed E-state index contributed by atoms with van der Waals surface area (Å²) >= 11 is 0. The Bertz CT molecular complexity index is 174. The summed E-state index contributed by atoms with van der Waals surface area (Å²) < 4.78 is 0. The third-order valence-corrected chi connectivity index (χ3v) is 1.39. The molecule has 0 saturated heterocycles. The molecule has 0 unspecified atom stereocenters. The van der Waals surface area contributed by atoms with E-state index < -0.39 is 12.2 Å². The van der Waals surface area contributed by atoms with Gasteiger partial charge >= 0.3 is 0 Å². The Labute approximate surface area is 53.4 Å². The highest BCUT2D eigenvalue weighted by Gasteiger charge is 2.27. The molecule has 0 spiro atoms. The molecule has 0 radical (unpaired) electrons. The Hall–Kier alpha value is -0.670. The van der Waals surface area contributed by atoms with Crippen molar-refractivity contribution >= 4 is 5.71 Å². The fraction of sp³-hybridized carbons (Fsp3) is 0.500. The van der Waals surface area contributed by atoms with E-state index >= 15 is 0 Å². The molecule has 0 fully saturated rings. The standard InChI is InChI=1S/C6H9NO2/c1-3-5(8)6(9)4(2)7-3/h5-6,8-9H,1H2,2H3/t5-,6+/m1/s1. The maximum Gasteiger partial charge on any atom is 0.126 e. The second-order valence-electron chi connectivity index (χ2n) is 2.13. The molecule has 1 aliphatic rings. The molecule has 1 heterocycles. The van der Waals surface area contributed by atoms with Gasteiger partial charge in [0, 0.05) is 5.71 Å². The van der Waals surface area contributed by atoms with Gasteiger partial charge in [-0.25, -0.2) is 0 Å². The Kier molecular flexibility index (Phi) is 1.38. The van der Waals surface area contributed by atoms with E-state index in [0.717, 1.165) is 0 Å². The van der Waals surface area contributed by atoms with Crippen LogP contribution in [0.1, 0.15) is 6.92 Å². The quantitative estimate of drug-likeness (QED) is 0.469. The molecule has 2 atom stereocenters. The summed E-state index contributed by atoms with van der Waals surface area (Å²) in [5.41, 5.74) is 0.882. The number of aliphatic hydroxyl groups is 2. The molecule has 1 aliphatic heterocycles. The molecular weight excluding hydrogens is 118 g/mol. The molecule has 0 bridgehead atoms. The van der Waals surface area contributed by atoms with E-state index in [9.17, 15) is 0 Å². The third kappa shape index (κ3) is 0.886. The fourth-order valence-corrected chi connectivity index (χ4v) is 0.769. The molecule has 0 aromatic rings. The van der Waals surface area contributed by atoms with Crippen molar-refractivity contribution in [3.05, 3.63) is 12.3 Å². The predicted molar refractivity (Wildman–Crippen MR) is 34.3 cm³/mol. The van der Waals surface area contributed by atoms with Gasteiger partial charge in [-0.15, -0.1) is 0 Å². The third-order valence-electron chi connectivity index (χ3n) is 1.39. The van der Waals surface area contributed by atoms with Crippen LogP contribution >= 0.6 is 0 Å². The summed E-state index contributed by atoms with van der Waals surface area (Å²) in [6.07, 6.45) is -1.72. The van der Waals surface area contributed by atoms with Crippen molar-refractivity contribution in [2.24, 2.45) is 4.99 Å². The second kappa shape index (κ2) is 1.93. The minimum atomic E-state index is -0.884. The van der Waals surface area contributed by atoms with Crippen molar-refractivity contribution in [2.75, 3.05) is 0 Å². The van der Waals surface area contributed by atoms with Gasteiger partial charge in [0.05, 0.1) is 5.70 Å². The van der Waals surface area contributed by atoms with E-state index in [1.165, 1.54) is 0 Å². The molecule has 3 heteroatoms. The zero-order valence-corrected chi connectivity index (χ0v) is 5.20. The van der Waals surface area contributed by atoms with Gasteiger partial charge in [0.15, 0.2) is 0 Å². The van der Waals surface area contributed by atoms with E-state index in [4.69, 9.17) is 10.2 Å². The van der Waals surface area contributed by atoms with Crippen molar-refractivity contribution < 1.29 is 10.2 Å². The highest BCUT2D eigenvalue weighted by Crippen LogP contribution is 2.15. The van der Waals surface area contributed by atoms with Crippen molar-refractivity contribution in [3.8, 4) is 0 Å². The first-order chi connectivity index (χ1) is 4.13. The molecule has 1 rings (SSSR count). The largest absolute Gasteiger partial charge is 0.384 e. The molecule has 3 nitrogen and oxygen atoms in total. The van der Waals surface area contributed by atoms with Crippen LogP contribution in [0.15, 0.2) is 17.3 Å². The van der Waals surface area contributed by atoms with E-state index in [1.807, 2.05) is 0 Å². The van der Waals surface area contributed by atoms with Crippen LogP contribution in [-0.2, 0) is 0 Å². The van der Waals surface area contributed by atoms with Crippen molar-refractivity contribution in [1.29, 1.82) is 0 Å². The van der Waals surface area contributed by atoms with Crippen molar-refractivity contribution in [3.63, 3.8) is 0 Å². The first-order valence-electron chi connectivity index (χ1n) is 2.73. The Morgan fingerprint density at radius 3 is 2.11 bits per heavy atom. The monoisotopic (exact) mass is 127 g/mol. The van der Waals surface area contributed by atoms with E-state index in [0.29, 0.717) is 11.4 Å². The zero-order chi connectivity index (χ0) is 7.02. The maximum absolute atomic E-state index is 9.00. The summed E-state index contributed by atoms with van der Waals surface area (Å²) in [6.45, 7) is 5.10. The van der Waals surface area contributed by atoms with Gasteiger partial charge in [0.1, 0.15) is 12.2 Å². The normalized spacial score (nSPS) is 35.0. The van der Waals surface area contributed by atoms with Gasteiger partial charge in [-0.2, -0.15) is 0 Å². The van der Waals surface area contributed by atoms with Gasteiger partial charge < -0.3 is 10.2 Å². The van der Waals surface area contributed by atoms with Crippen LogP contribution in [0, 0.1) is 0 Å². The van der Waals surface area contributed by atoms with Gasteiger partial charge in [-0.05, 0) is 6.92 Å². The first-order valence-corrected chi connectivity index (χ1v) is 2.73. The van der Waals surface area contributed by atoms with Crippen LogP contribution in [0.25, 0.3) is 0 Å². The lowest BCUT2D eigenvalue weighted by Crippen LogP contribution is -2.26. The molecule has 0 amide bonds. The van der Waals surface area contributed by atoms with E-state index in [2.05, 4.69) is 11.6 Å². The lowest BCUT2D eigenvalue weighted by molar-refractivity contribution is 0.0929. The molecular formula is C6H9NO2. The summed E-state index contributed by atoms with van der Waals surface area (Å²) in [4.78, 5) is 3.77. The number of rotatable bonds is 0. The SMILES string of the molecule is C=C1N=C(C)[C@H](O)[C@@H]1O. The number of hydrogen-bond donors (Lipinski definition) is 2. The van der Waals surface area contributed by atoms with Crippen LogP contribution < -0.4 is 0 Å². The molecule has 2 N–H and O–H groups in total. The highest BCUT2D eigenvalue weighted by atomic mass is 16.3. The maximum atomic E-state index is 9.00. The van der Waals surface area contributed by atoms with Gasteiger partial charge in [0.25, 0.3) is 0 Å². The Morgan fingerprint density at radius 1 is 1.44 bits per heavy atom. The summed E-state index contributed by atoms with van der Waals surface area (Å²) in [5, 5.41) is 18.0. The fourth-order valence-electron chi connectivity index (χ4n) is 0.769. The van der Waals surface area contributed by atoms with Crippen molar-refractivity contribution in [2.45, 2.75) is 19.1 Å². The average molecular weight is 127 g/mol. The first kappa shape index (κ1) is 6.45. The molecule has 0 aromatic heterocycles. The number of nitrogens with zero attached hydrogens (tertiary/aromatic N) is 1. The Morgan fingerprint density at radius 2 is 2.00 bits per heavy atom. The topological polar surface area (TPSA) is 52.8 Å². The summed E-state index contributed by atoms with van der Waals surface area (Å²) in [7, 11) is 0. The minimum Gasteiger partial charge on any atom is -0.384 e. The highest BCUT2D eigenvalue weighted by molar-refractivity contribution is 5.90. The molecule has 9 heavy (non-hydrogen) atoms. The van der Waals surface area contributed by atoms with Crippen molar-refractivity contribution in [1.82, 2.24) is 0 Å². The zero-order valence-electron chi connectivity index (χ0n) is 5.20. The van der Waals surface area contributed by atoms with Crippen LogP contribution in [0.3, 0.4) is 0 Å². The lowest BCUT2D eigenvalue weighted by Gasteiger charge is -2.05. The molecule has 50 valence electrons. The molecule has 0 aromatic carbocycles. The van der Waals surface area contributed by atoms with Gasteiger partial charge in [-0.3, -0.25) is 4.99 Å². The predicted octanol–water partition coefficient (Wildman–Crippen LogP) is -0.304. The van der Waals surface area contributed by atoms with Gasteiger partial charge in [-0.1, -0.05) is 6.58 Å².